The first kappa shape index (κ1) is 17.4. The molecule has 0 aromatic carbocycles. The molecule has 2 saturated heterocycles. The normalized spacial score (nSPS) is 24.5. The van der Waals surface area contributed by atoms with Crippen molar-refractivity contribution in [1.29, 1.82) is 0 Å². The standard InChI is InChI=1S/C18H29N3O3/c1-3-18(4-2)7-9-21(13-18)17(23)16-10-15(24-19-16)12-20-8-5-6-14(22)11-20/h10,14,22H,3-9,11-13H2,1-2H3/t14-/m1/s1. The van der Waals surface area contributed by atoms with Gasteiger partial charge in [-0.15, -0.1) is 0 Å². The van der Waals surface area contributed by atoms with Gasteiger partial charge in [-0.1, -0.05) is 19.0 Å². The third-order valence-corrected chi connectivity index (χ3v) is 5.86. The van der Waals surface area contributed by atoms with E-state index in [1.807, 2.05) is 4.90 Å². The van der Waals surface area contributed by atoms with Crippen LogP contribution in [-0.4, -0.2) is 58.3 Å². The fraction of sp³-hybridized carbons (Fsp3) is 0.778. The molecule has 24 heavy (non-hydrogen) atoms. The topological polar surface area (TPSA) is 69.8 Å². The molecule has 2 aliphatic rings. The van der Waals surface area contributed by atoms with Crippen molar-refractivity contribution in [3.63, 3.8) is 0 Å². The van der Waals surface area contributed by atoms with Crippen LogP contribution < -0.4 is 0 Å². The van der Waals surface area contributed by atoms with Gasteiger partial charge in [-0.2, -0.15) is 0 Å². The maximum atomic E-state index is 12.7. The first-order chi connectivity index (χ1) is 11.5. The molecule has 0 saturated carbocycles. The Morgan fingerprint density at radius 3 is 2.88 bits per heavy atom. The molecule has 1 aromatic heterocycles. The number of β-amino-alcohol motifs (C(OH)–C–C–N with tert-alkyl or cyclic N) is 1. The average molecular weight is 335 g/mol. The van der Waals surface area contributed by atoms with E-state index >= 15 is 0 Å². The van der Waals surface area contributed by atoms with E-state index in [9.17, 15) is 9.90 Å². The number of piperidine rings is 1. The highest BCUT2D eigenvalue weighted by Crippen LogP contribution is 2.37. The first-order valence-electron chi connectivity index (χ1n) is 9.20. The van der Waals surface area contributed by atoms with Crippen molar-refractivity contribution in [3.05, 3.63) is 17.5 Å². The van der Waals surface area contributed by atoms with E-state index < -0.39 is 0 Å². The van der Waals surface area contributed by atoms with Gasteiger partial charge in [0.2, 0.25) is 0 Å². The van der Waals surface area contributed by atoms with Crippen molar-refractivity contribution in [3.8, 4) is 0 Å². The third kappa shape index (κ3) is 3.64. The van der Waals surface area contributed by atoms with Crippen LogP contribution in [0.2, 0.25) is 0 Å². The molecule has 0 aliphatic carbocycles. The van der Waals surface area contributed by atoms with Crippen LogP contribution in [0.25, 0.3) is 0 Å². The fourth-order valence-electron chi connectivity index (χ4n) is 3.98. The Morgan fingerprint density at radius 1 is 1.42 bits per heavy atom. The van der Waals surface area contributed by atoms with Gasteiger partial charge in [-0.3, -0.25) is 9.69 Å². The number of carbonyl (C=O) groups excluding carboxylic acids is 1. The molecular weight excluding hydrogens is 306 g/mol. The minimum absolute atomic E-state index is 0.0209. The average Bonchev–Trinajstić information content (AvgIpc) is 3.22. The molecule has 6 heteroatoms. The molecule has 0 unspecified atom stereocenters. The molecule has 1 N–H and O–H groups in total. The van der Waals surface area contributed by atoms with Crippen LogP contribution >= 0.6 is 0 Å². The summed E-state index contributed by atoms with van der Waals surface area (Å²) in [6.45, 7) is 8.25. The number of hydrogen-bond acceptors (Lipinski definition) is 5. The summed E-state index contributed by atoms with van der Waals surface area (Å²) >= 11 is 0. The van der Waals surface area contributed by atoms with E-state index in [1.165, 1.54) is 0 Å². The van der Waals surface area contributed by atoms with Gasteiger partial charge in [-0.05, 0) is 44.1 Å². The van der Waals surface area contributed by atoms with E-state index in [-0.39, 0.29) is 17.4 Å². The lowest BCUT2D eigenvalue weighted by Gasteiger charge is -2.28. The molecule has 3 heterocycles. The third-order valence-electron chi connectivity index (χ3n) is 5.86. The summed E-state index contributed by atoms with van der Waals surface area (Å²) in [7, 11) is 0. The van der Waals surface area contributed by atoms with E-state index in [1.54, 1.807) is 6.07 Å². The molecule has 3 rings (SSSR count). The monoisotopic (exact) mass is 335 g/mol. The number of aliphatic hydroxyl groups is 1. The van der Waals surface area contributed by atoms with Gasteiger partial charge in [0, 0.05) is 25.7 Å². The molecule has 1 amide bonds. The second kappa shape index (κ2) is 7.23. The van der Waals surface area contributed by atoms with Gasteiger partial charge in [-0.25, -0.2) is 0 Å². The molecular formula is C18H29N3O3. The van der Waals surface area contributed by atoms with E-state index in [2.05, 4.69) is 23.9 Å². The largest absolute Gasteiger partial charge is 0.392 e. The number of amides is 1. The Morgan fingerprint density at radius 2 is 2.21 bits per heavy atom. The predicted molar refractivity (Wildman–Crippen MR) is 90.6 cm³/mol. The van der Waals surface area contributed by atoms with Crippen molar-refractivity contribution < 1.29 is 14.4 Å². The number of nitrogens with zero attached hydrogens (tertiary/aromatic N) is 3. The molecule has 0 bridgehead atoms. The van der Waals surface area contributed by atoms with E-state index in [0.29, 0.717) is 24.5 Å². The summed E-state index contributed by atoms with van der Waals surface area (Å²) in [4.78, 5) is 16.7. The minimum atomic E-state index is -0.261. The molecule has 1 aromatic rings. The number of rotatable bonds is 5. The fourth-order valence-corrected chi connectivity index (χ4v) is 3.98. The Bertz CT molecular complexity index is 568. The second-order valence-electron chi connectivity index (χ2n) is 7.39. The minimum Gasteiger partial charge on any atom is -0.392 e. The zero-order chi connectivity index (χ0) is 17.2. The van der Waals surface area contributed by atoms with Gasteiger partial charge in [0.25, 0.3) is 5.91 Å². The molecule has 1 atom stereocenters. The highest BCUT2D eigenvalue weighted by atomic mass is 16.5. The van der Waals surface area contributed by atoms with Gasteiger partial charge in [0.05, 0.1) is 12.6 Å². The van der Waals surface area contributed by atoms with E-state index in [0.717, 1.165) is 51.7 Å². The molecule has 0 spiro atoms. The Kier molecular flexibility index (Phi) is 5.25. The SMILES string of the molecule is CCC1(CC)CCN(C(=O)c2cc(CN3CCC[C@@H](O)C3)on2)C1. The van der Waals surface area contributed by atoms with Crippen LogP contribution in [0.3, 0.4) is 0 Å². The molecule has 134 valence electrons. The molecule has 6 nitrogen and oxygen atoms in total. The van der Waals surface area contributed by atoms with Crippen LogP contribution in [0.5, 0.6) is 0 Å². The van der Waals surface area contributed by atoms with Gasteiger partial charge in [0.1, 0.15) is 0 Å². The van der Waals surface area contributed by atoms with Crippen molar-refractivity contribution >= 4 is 5.91 Å². The first-order valence-corrected chi connectivity index (χ1v) is 9.20. The summed E-state index contributed by atoms with van der Waals surface area (Å²) in [6, 6.07) is 1.77. The lowest BCUT2D eigenvalue weighted by atomic mass is 9.82. The quantitative estimate of drug-likeness (QED) is 0.894. The van der Waals surface area contributed by atoms with Crippen LogP contribution in [0.15, 0.2) is 10.6 Å². The Balaban J connectivity index is 1.60. The predicted octanol–water partition coefficient (Wildman–Crippen LogP) is 2.28. The smallest absolute Gasteiger partial charge is 0.276 e. The number of aliphatic hydroxyl groups excluding tert-OH is 1. The van der Waals surface area contributed by atoms with Crippen molar-refractivity contribution in [2.75, 3.05) is 26.2 Å². The zero-order valence-corrected chi connectivity index (χ0v) is 14.8. The highest BCUT2D eigenvalue weighted by Gasteiger charge is 2.38. The van der Waals surface area contributed by atoms with Crippen LogP contribution in [0, 0.1) is 5.41 Å². The maximum Gasteiger partial charge on any atom is 0.276 e. The molecule has 2 aliphatic heterocycles. The molecule has 2 fully saturated rings. The summed E-state index contributed by atoms with van der Waals surface area (Å²) in [6.07, 6.45) is 4.88. The summed E-state index contributed by atoms with van der Waals surface area (Å²) < 4.78 is 5.37. The van der Waals surface area contributed by atoms with Crippen LogP contribution in [0.4, 0.5) is 0 Å². The lowest BCUT2D eigenvalue weighted by Crippen LogP contribution is -2.37. The van der Waals surface area contributed by atoms with Crippen molar-refractivity contribution in [2.45, 2.75) is 58.6 Å². The number of carbonyl (C=O) groups is 1. The number of aromatic nitrogens is 1. The summed E-state index contributed by atoms with van der Waals surface area (Å²) in [5.74, 6) is 0.677. The molecule has 0 radical (unpaired) electrons. The highest BCUT2D eigenvalue weighted by molar-refractivity contribution is 5.92. The summed E-state index contributed by atoms with van der Waals surface area (Å²) in [5, 5.41) is 13.7. The van der Waals surface area contributed by atoms with Crippen molar-refractivity contribution in [2.24, 2.45) is 5.41 Å². The van der Waals surface area contributed by atoms with Crippen LogP contribution in [-0.2, 0) is 6.54 Å². The van der Waals surface area contributed by atoms with Gasteiger partial charge >= 0.3 is 0 Å². The summed E-state index contributed by atoms with van der Waals surface area (Å²) in [5.41, 5.74) is 0.678. The Hall–Kier alpha value is -1.40. The van der Waals surface area contributed by atoms with Crippen LogP contribution in [0.1, 0.15) is 62.2 Å². The lowest BCUT2D eigenvalue weighted by molar-refractivity contribution is 0.0622. The van der Waals surface area contributed by atoms with E-state index in [4.69, 9.17) is 4.52 Å². The number of likely N-dealkylation sites (tertiary alicyclic amines) is 2. The maximum absolute atomic E-state index is 12.7. The number of hydrogen-bond donors (Lipinski definition) is 1. The van der Waals surface area contributed by atoms with Gasteiger partial charge < -0.3 is 14.5 Å². The van der Waals surface area contributed by atoms with Gasteiger partial charge in [0.15, 0.2) is 11.5 Å². The Labute approximate surface area is 143 Å². The van der Waals surface area contributed by atoms with Crippen molar-refractivity contribution in [1.82, 2.24) is 15.0 Å². The second-order valence-corrected chi connectivity index (χ2v) is 7.39. The zero-order valence-electron chi connectivity index (χ0n) is 14.8.